The molecule has 0 aliphatic heterocycles. The van der Waals surface area contributed by atoms with Gasteiger partial charge in [0.1, 0.15) is 5.82 Å². The molecular formula is C16H18ClN5. The molecule has 0 amide bonds. The average molecular weight is 316 g/mol. The molecule has 0 radical (unpaired) electrons. The van der Waals surface area contributed by atoms with E-state index in [4.69, 9.17) is 11.6 Å². The number of halogens is 1. The monoisotopic (exact) mass is 315 g/mol. The zero-order valence-electron chi connectivity index (χ0n) is 12.8. The average Bonchev–Trinajstić information content (AvgIpc) is 2.88. The fourth-order valence-corrected chi connectivity index (χ4v) is 2.40. The molecule has 3 rings (SSSR count). The van der Waals surface area contributed by atoms with Gasteiger partial charge in [-0.05, 0) is 29.8 Å². The first-order valence-electron chi connectivity index (χ1n) is 7.15. The first-order valence-corrected chi connectivity index (χ1v) is 7.52. The molecule has 22 heavy (non-hydrogen) atoms. The van der Waals surface area contributed by atoms with Crippen LogP contribution in [0.3, 0.4) is 0 Å². The van der Waals surface area contributed by atoms with Crippen molar-refractivity contribution < 1.29 is 0 Å². The molecule has 0 aliphatic rings. The van der Waals surface area contributed by atoms with Crippen molar-refractivity contribution in [2.24, 2.45) is 0 Å². The Morgan fingerprint density at radius 1 is 1.14 bits per heavy atom. The van der Waals surface area contributed by atoms with Gasteiger partial charge >= 0.3 is 0 Å². The lowest BCUT2D eigenvalue weighted by Crippen LogP contribution is -2.17. The summed E-state index contributed by atoms with van der Waals surface area (Å²) in [5, 5.41) is 17.0. The van der Waals surface area contributed by atoms with E-state index in [1.54, 1.807) is 4.52 Å². The number of hydrogen-bond acceptors (Lipinski definition) is 4. The largest absolute Gasteiger partial charge is 0.365 e. The lowest BCUT2D eigenvalue weighted by molar-refractivity contribution is 0.527. The van der Waals surface area contributed by atoms with Gasteiger partial charge in [0.25, 0.3) is 0 Å². The highest BCUT2D eigenvalue weighted by Crippen LogP contribution is 2.21. The van der Waals surface area contributed by atoms with Gasteiger partial charge < -0.3 is 5.32 Å². The summed E-state index contributed by atoms with van der Waals surface area (Å²) < 4.78 is 1.79. The third-order valence-electron chi connectivity index (χ3n) is 3.30. The third-order valence-corrected chi connectivity index (χ3v) is 3.53. The highest BCUT2D eigenvalue weighted by molar-refractivity contribution is 6.30. The highest BCUT2D eigenvalue weighted by Gasteiger charge is 2.21. The summed E-state index contributed by atoms with van der Waals surface area (Å²) >= 11 is 6.00. The van der Waals surface area contributed by atoms with Gasteiger partial charge in [0.2, 0.25) is 0 Å². The zero-order valence-corrected chi connectivity index (χ0v) is 13.6. The molecule has 114 valence electrons. The molecule has 0 spiro atoms. The van der Waals surface area contributed by atoms with Gasteiger partial charge in [0, 0.05) is 17.0 Å². The van der Waals surface area contributed by atoms with Crippen molar-refractivity contribution in [3.05, 3.63) is 52.8 Å². The molecule has 0 aliphatic carbocycles. The molecule has 2 aromatic heterocycles. The molecular weight excluding hydrogens is 298 g/mol. The highest BCUT2D eigenvalue weighted by atomic mass is 35.5. The lowest BCUT2D eigenvalue weighted by Gasteiger charge is -2.15. The molecule has 1 N–H and O–H groups in total. The zero-order chi connectivity index (χ0) is 15.7. The number of aromatic nitrogens is 4. The second-order valence-electron chi connectivity index (χ2n) is 6.25. The summed E-state index contributed by atoms with van der Waals surface area (Å²) in [4.78, 5) is 0. The molecule has 6 heteroatoms. The molecule has 2 heterocycles. The molecule has 3 aromatic rings. The van der Waals surface area contributed by atoms with Gasteiger partial charge in [-0.25, -0.2) is 0 Å². The Hall–Kier alpha value is -2.14. The summed E-state index contributed by atoms with van der Waals surface area (Å²) in [6.45, 7) is 6.94. The lowest BCUT2D eigenvalue weighted by atomic mass is 9.96. The van der Waals surface area contributed by atoms with E-state index in [2.05, 4.69) is 41.4 Å². The Morgan fingerprint density at radius 3 is 2.68 bits per heavy atom. The van der Waals surface area contributed by atoms with Gasteiger partial charge in [-0.15, -0.1) is 15.3 Å². The van der Waals surface area contributed by atoms with E-state index in [0.29, 0.717) is 6.54 Å². The second-order valence-corrected chi connectivity index (χ2v) is 6.68. The first-order chi connectivity index (χ1) is 10.4. The topological polar surface area (TPSA) is 55.1 Å². The standard InChI is InChI=1S/C16H18ClN5/c1-16(2,3)15-20-19-14-8-7-13(21-22(14)15)18-10-11-5-4-6-12(17)9-11/h4-9H,10H2,1-3H3,(H,18,21). The summed E-state index contributed by atoms with van der Waals surface area (Å²) in [6.07, 6.45) is 0. The summed E-state index contributed by atoms with van der Waals surface area (Å²) in [7, 11) is 0. The van der Waals surface area contributed by atoms with E-state index in [1.165, 1.54) is 0 Å². The van der Waals surface area contributed by atoms with Crippen LogP contribution in [0.1, 0.15) is 32.2 Å². The van der Waals surface area contributed by atoms with Crippen molar-refractivity contribution in [1.29, 1.82) is 0 Å². The predicted octanol–water partition coefficient (Wildman–Crippen LogP) is 3.69. The Kier molecular flexibility index (Phi) is 3.74. The predicted molar refractivity (Wildman–Crippen MR) is 88.3 cm³/mol. The fourth-order valence-electron chi connectivity index (χ4n) is 2.19. The van der Waals surface area contributed by atoms with Crippen LogP contribution in [0.25, 0.3) is 5.65 Å². The Bertz CT molecular complexity index is 804. The third kappa shape index (κ3) is 3.04. The van der Waals surface area contributed by atoms with Gasteiger partial charge in [-0.2, -0.15) is 4.52 Å². The Balaban J connectivity index is 1.85. The number of hydrogen-bond donors (Lipinski definition) is 1. The molecule has 0 saturated heterocycles. The van der Waals surface area contributed by atoms with Crippen LogP contribution in [0.5, 0.6) is 0 Å². The number of anilines is 1. The summed E-state index contributed by atoms with van der Waals surface area (Å²) in [5.41, 5.74) is 1.74. The summed E-state index contributed by atoms with van der Waals surface area (Å²) in [5.74, 6) is 1.62. The van der Waals surface area contributed by atoms with E-state index < -0.39 is 0 Å². The van der Waals surface area contributed by atoms with E-state index in [-0.39, 0.29) is 5.41 Å². The molecule has 0 unspecified atom stereocenters. The maximum atomic E-state index is 6.00. The van der Waals surface area contributed by atoms with Crippen molar-refractivity contribution in [2.45, 2.75) is 32.7 Å². The van der Waals surface area contributed by atoms with Gasteiger partial charge in [0.05, 0.1) is 0 Å². The van der Waals surface area contributed by atoms with E-state index >= 15 is 0 Å². The molecule has 0 saturated carbocycles. The Morgan fingerprint density at radius 2 is 1.95 bits per heavy atom. The number of benzene rings is 1. The number of rotatable bonds is 3. The van der Waals surface area contributed by atoms with Crippen molar-refractivity contribution in [3.63, 3.8) is 0 Å². The normalized spacial score (nSPS) is 11.8. The number of nitrogens with one attached hydrogen (secondary N) is 1. The van der Waals surface area contributed by atoms with Crippen LogP contribution in [0, 0.1) is 0 Å². The van der Waals surface area contributed by atoms with Gasteiger partial charge in [-0.3, -0.25) is 0 Å². The number of nitrogens with zero attached hydrogens (tertiary/aromatic N) is 4. The van der Waals surface area contributed by atoms with Crippen LogP contribution in [-0.2, 0) is 12.0 Å². The van der Waals surface area contributed by atoms with Crippen molar-refractivity contribution in [2.75, 3.05) is 5.32 Å². The van der Waals surface area contributed by atoms with E-state index in [9.17, 15) is 0 Å². The van der Waals surface area contributed by atoms with Gasteiger partial charge in [0.15, 0.2) is 11.5 Å². The minimum atomic E-state index is -0.113. The van der Waals surface area contributed by atoms with Gasteiger partial charge in [-0.1, -0.05) is 44.5 Å². The smallest absolute Gasteiger partial charge is 0.178 e. The molecule has 0 atom stereocenters. The van der Waals surface area contributed by atoms with Crippen LogP contribution < -0.4 is 5.32 Å². The van der Waals surface area contributed by atoms with Crippen LogP contribution in [-0.4, -0.2) is 19.8 Å². The second kappa shape index (κ2) is 5.57. The van der Waals surface area contributed by atoms with Crippen LogP contribution in [0.2, 0.25) is 5.02 Å². The fraction of sp³-hybridized carbons (Fsp3) is 0.312. The van der Waals surface area contributed by atoms with E-state index in [0.717, 1.165) is 27.9 Å². The SMILES string of the molecule is CC(C)(C)c1nnc2ccc(NCc3cccc(Cl)c3)nn12. The first kappa shape index (κ1) is 14.8. The Labute approximate surface area is 134 Å². The van der Waals surface area contributed by atoms with Crippen LogP contribution in [0.15, 0.2) is 36.4 Å². The number of fused-ring (bicyclic) bond motifs is 1. The minimum absolute atomic E-state index is 0.113. The molecule has 5 nitrogen and oxygen atoms in total. The summed E-state index contributed by atoms with van der Waals surface area (Å²) in [6, 6.07) is 11.6. The molecule has 0 fully saturated rings. The van der Waals surface area contributed by atoms with Crippen molar-refractivity contribution in [3.8, 4) is 0 Å². The van der Waals surface area contributed by atoms with Crippen LogP contribution in [0.4, 0.5) is 5.82 Å². The maximum absolute atomic E-state index is 6.00. The minimum Gasteiger partial charge on any atom is -0.365 e. The maximum Gasteiger partial charge on any atom is 0.178 e. The van der Waals surface area contributed by atoms with Crippen LogP contribution >= 0.6 is 11.6 Å². The molecule has 0 bridgehead atoms. The van der Waals surface area contributed by atoms with Crippen molar-refractivity contribution in [1.82, 2.24) is 19.8 Å². The quantitative estimate of drug-likeness (QED) is 0.801. The molecule has 1 aromatic carbocycles. The van der Waals surface area contributed by atoms with Crippen molar-refractivity contribution >= 4 is 23.1 Å². The van der Waals surface area contributed by atoms with E-state index in [1.807, 2.05) is 36.4 Å².